The van der Waals surface area contributed by atoms with Crippen molar-refractivity contribution < 1.29 is 9.18 Å². The summed E-state index contributed by atoms with van der Waals surface area (Å²) in [6.45, 7) is 5.19. The van der Waals surface area contributed by atoms with E-state index in [-0.39, 0.29) is 17.6 Å². The summed E-state index contributed by atoms with van der Waals surface area (Å²) in [6.07, 6.45) is 3.08. The lowest BCUT2D eigenvalue weighted by atomic mass is 9.91. The first-order chi connectivity index (χ1) is 13.0. The average molecular weight is 367 g/mol. The molecular weight excluding hydrogens is 345 g/mol. The number of carbonyl (C=O) groups is 1. The number of nitrogens with one attached hydrogen (secondary N) is 1. The summed E-state index contributed by atoms with van der Waals surface area (Å²) < 4.78 is 17.2. The molecule has 4 rings (SSSR count). The SMILES string of the molecule is Cc1cc(C)n(CCC2CC(=O)Nc3c2cnn3Cc2cccc(F)c2)n1. The van der Waals surface area contributed by atoms with Crippen LogP contribution in [0.3, 0.4) is 0 Å². The first kappa shape index (κ1) is 17.5. The molecule has 2 aromatic heterocycles. The van der Waals surface area contributed by atoms with E-state index in [0.29, 0.717) is 18.8 Å². The minimum atomic E-state index is -0.277. The Balaban J connectivity index is 1.54. The minimum Gasteiger partial charge on any atom is -0.311 e. The monoisotopic (exact) mass is 367 g/mol. The summed E-state index contributed by atoms with van der Waals surface area (Å²) in [5.74, 6) is 0.523. The van der Waals surface area contributed by atoms with Crippen LogP contribution in [-0.2, 0) is 17.9 Å². The highest BCUT2D eigenvalue weighted by molar-refractivity contribution is 5.93. The first-order valence-corrected chi connectivity index (χ1v) is 9.10. The number of hydrogen-bond acceptors (Lipinski definition) is 3. The molecule has 0 aliphatic carbocycles. The number of carbonyl (C=O) groups excluding carboxylic acids is 1. The van der Waals surface area contributed by atoms with Crippen LogP contribution in [0.15, 0.2) is 36.5 Å². The molecule has 0 bridgehead atoms. The van der Waals surface area contributed by atoms with Crippen molar-refractivity contribution in [3.05, 3.63) is 64.9 Å². The van der Waals surface area contributed by atoms with Gasteiger partial charge in [0.05, 0.1) is 18.4 Å². The van der Waals surface area contributed by atoms with Gasteiger partial charge in [-0.2, -0.15) is 10.2 Å². The van der Waals surface area contributed by atoms with E-state index in [1.165, 1.54) is 12.1 Å². The van der Waals surface area contributed by atoms with Gasteiger partial charge in [-0.25, -0.2) is 9.07 Å². The molecule has 1 N–H and O–H groups in total. The highest BCUT2D eigenvalue weighted by Crippen LogP contribution is 2.35. The van der Waals surface area contributed by atoms with E-state index in [9.17, 15) is 9.18 Å². The Morgan fingerprint density at radius 3 is 2.85 bits per heavy atom. The van der Waals surface area contributed by atoms with Gasteiger partial charge in [0, 0.05) is 24.2 Å². The number of aromatic nitrogens is 4. The summed E-state index contributed by atoms with van der Waals surface area (Å²) in [5, 5.41) is 11.9. The van der Waals surface area contributed by atoms with Crippen LogP contribution in [0.5, 0.6) is 0 Å². The van der Waals surface area contributed by atoms with Crippen molar-refractivity contribution in [1.29, 1.82) is 0 Å². The summed E-state index contributed by atoms with van der Waals surface area (Å²) in [6, 6.07) is 8.48. The fourth-order valence-electron chi connectivity index (χ4n) is 3.72. The maximum absolute atomic E-state index is 13.4. The number of nitrogens with zero attached hydrogens (tertiary/aromatic N) is 4. The second-order valence-electron chi connectivity index (χ2n) is 7.12. The van der Waals surface area contributed by atoms with Crippen molar-refractivity contribution in [1.82, 2.24) is 19.6 Å². The van der Waals surface area contributed by atoms with Gasteiger partial charge in [-0.1, -0.05) is 12.1 Å². The molecule has 0 spiro atoms. The molecule has 1 atom stereocenters. The zero-order chi connectivity index (χ0) is 19.0. The third-order valence-corrected chi connectivity index (χ3v) is 5.01. The van der Waals surface area contributed by atoms with Crippen LogP contribution >= 0.6 is 0 Å². The normalized spacial score (nSPS) is 16.3. The highest BCUT2D eigenvalue weighted by atomic mass is 19.1. The fourth-order valence-corrected chi connectivity index (χ4v) is 3.72. The predicted molar refractivity (Wildman–Crippen MR) is 100 cm³/mol. The van der Waals surface area contributed by atoms with E-state index < -0.39 is 0 Å². The van der Waals surface area contributed by atoms with Gasteiger partial charge < -0.3 is 5.32 Å². The lowest BCUT2D eigenvalue weighted by molar-refractivity contribution is -0.117. The van der Waals surface area contributed by atoms with E-state index in [0.717, 1.165) is 35.5 Å². The summed E-state index contributed by atoms with van der Waals surface area (Å²) >= 11 is 0. The molecular formula is C20H22FN5O. The van der Waals surface area contributed by atoms with Crippen LogP contribution in [0.1, 0.15) is 41.3 Å². The zero-order valence-corrected chi connectivity index (χ0v) is 15.4. The van der Waals surface area contributed by atoms with Gasteiger partial charge in [-0.05, 0) is 49.9 Å². The summed E-state index contributed by atoms with van der Waals surface area (Å²) in [5.41, 5.74) is 3.96. The number of halogens is 1. The Hall–Kier alpha value is -2.96. The molecule has 1 aliphatic rings. The van der Waals surface area contributed by atoms with Gasteiger partial charge in [-0.3, -0.25) is 9.48 Å². The van der Waals surface area contributed by atoms with Crippen molar-refractivity contribution in [2.75, 3.05) is 5.32 Å². The largest absolute Gasteiger partial charge is 0.311 e. The number of amides is 1. The van der Waals surface area contributed by atoms with Crippen molar-refractivity contribution >= 4 is 11.7 Å². The van der Waals surface area contributed by atoms with E-state index in [2.05, 4.69) is 21.6 Å². The molecule has 7 heteroatoms. The molecule has 0 fully saturated rings. The second kappa shape index (κ2) is 6.98. The Labute approximate surface area is 157 Å². The van der Waals surface area contributed by atoms with Crippen LogP contribution < -0.4 is 5.32 Å². The molecule has 6 nitrogen and oxygen atoms in total. The molecule has 0 radical (unpaired) electrons. The third kappa shape index (κ3) is 3.63. The lowest BCUT2D eigenvalue weighted by Crippen LogP contribution is -2.25. The number of anilines is 1. The molecule has 0 saturated carbocycles. The van der Waals surface area contributed by atoms with Gasteiger partial charge >= 0.3 is 0 Å². The second-order valence-corrected chi connectivity index (χ2v) is 7.12. The highest BCUT2D eigenvalue weighted by Gasteiger charge is 2.28. The van der Waals surface area contributed by atoms with Gasteiger partial charge in [0.1, 0.15) is 11.6 Å². The average Bonchev–Trinajstić information content (AvgIpc) is 3.15. The molecule has 27 heavy (non-hydrogen) atoms. The van der Waals surface area contributed by atoms with E-state index in [1.54, 1.807) is 10.7 Å². The lowest BCUT2D eigenvalue weighted by Gasteiger charge is -2.23. The first-order valence-electron chi connectivity index (χ1n) is 9.10. The van der Waals surface area contributed by atoms with Crippen molar-refractivity contribution in [3.8, 4) is 0 Å². The van der Waals surface area contributed by atoms with Crippen LogP contribution in [-0.4, -0.2) is 25.5 Å². The van der Waals surface area contributed by atoms with Crippen molar-refractivity contribution in [3.63, 3.8) is 0 Å². The van der Waals surface area contributed by atoms with Crippen molar-refractivity contribution in [2.24, 2.45) is 0 Å². The molecule has 1 aliphatic heterocycles. The van der Waals surface area contributed by atoms with Crippen LogP contribution in [0.2, 0.25) is 0 Å². The fraction of sp³-hybridized carbons (Fsp3) is 0.350. The maximum Gasteiger partial charge on any atom is 0.226 e. The third-order valence-electron chi connectivity index (χ3n) is 5.01. The molecule has 0 saturated heterocycles. The number of fused-ring (bicyclic) bond motifs is 1. The topological polar surface area (TPSA) is 64.7 Å². The zero-order valence-electron chi connectivity index (χ0n) is 15.4. The van der Waals surface area contributed by atoms with Gasteiger partial charge in [-0.15, -0.1) is 0 Å². The standard InChI is InChI=1S/C20H22FN5O/c1-13-8-14(2)25(24-13)7-6-16-10-19(27)23-20-18(16)11-22-26(20)12-15-4-3-5-17(21)9-15/h3-5,8-9,11,16H,6-7,10,12H2,1-2H3,(H,23,27). The number of hydrogen-bond donors (Lipinski definition) is 1. The van der Waals surface area contributed by atoms with Crippen LogP contribution in [0.25, 0.3) is 0 Å². The maximum atomic E-state index is 13.4. The van der Waals surface area contributed by atoms with Crippen LogP contribution in [0.4, 0.5) is 10.2 Å². The van der Waals surface area contributed by atoms with Gasteiger partial charge in [0.15, 0.2) is 0 Å². The number of benzene rings is 1. The van der Waals surface area contributed by atoms with Gasteiger partial charge in [0.2, 0.25) is 5.91 Å². The summed E-state index contributed by atoms with van der Waals surface area (Å²) in [7, 11) is 0. The van der Waals surface area contributed by atoms with Gasteiger partial charge in [0.25, 0.3) is 0 Å². The molecule has 1 aromatic carbocycles. The van der Waals surface area contributed by atoms with Crippen molar-refractivity contribution in [2.45, 2.75) is 45.7 Å². The minimum absolute atomic E-state index is 0.0122. The number of aryl methyl sites for hydroxylation is 3. The summed E-state index contributed by atoms with van der Waals surface area (Å²) in [4.78, 5) is 12.2. The van der Waals surface area contributed by atoms with E-state index in [1.807, 2.05) is 30.8 Å². The predicted octanol–water partition coefficient (Wildman–Crippen LogP) is 3.40. The van der Waals surface area contributed by atoms with E-state index in [4.69, 9.17) is 0 Å². The molecule has 1 unspecified atom stereocenters. The molecule has 140 valence electrons. The smallest absolute Gasteiger partial charge is 0.226 e. The Kier molecular flexibility index (Phi) is 4.51. The molecule has 3 aromatic rings. The molecule has 3 heterocycles. The quantitative estimate of drug-likeness (QED) is 0.752. The Morgan fingerprint density at radius 2 is 2.11 bits per heavy atom. The Morgan fingerprint density at radius 1 is 1.26 bits per heavy atom. The van der Waals surface area contributed by atoms with Crippen LogP contribution in [0, 0.1) is 19.7 Å². The number of rotatable bonds is 5. The molecule has 1 amide bonds. The van der Waals surface area contributed by atoms with E-state index >= 15 is 0 Å². The Bertz CT molecular complexity index is 990.